The predicted octanol–water partition coefficient (Wildman–Crippen LogP) is 5.35. The van der Waals surface area contributed by atoms with Crippen molar-refractivity contribution in [2.24, 2.45) is 0 Å². The maximum atomic E-state index is 12.5. The minimum absolute atomic E-state index is 0.0424. The minimum atomic E-state index is 0.0424. The first-order valence-electron chi connectivity index (χ1n) is 10.2. The highest BCUT2D eigenvalue weighted by Gasteiger charge is 2.13. The van der Waals surface area contributed by atoms with Gasteiger partial charge in [-0.05, 0) is 51.1 Å². The fraction of sp³-hybridized carbons (Fsp3) is 0.333. The van der Waals surface area contributed by atoms with E-state index in [0.29, 0.717) is 61.4 Å². The van der Waals surface area contributed by atoms with Crippen LogP contribution in [0.25, 0.3) is 11.5 Å². The van der Waals surface area contributed by atoms with E-state index in [0.717, 1.165) is 11.3 Å². The highest BCUT2D eigenvalue weighted by molar-refractivity contribution is 5.96. The molecule has 0 fully saturated rings. The number of ketones is 1. The van der Waals surface area contributed by atoms with E-state index in [4.69, 9.17) is 18.6 Å². The lowest BCUT2D eigenvalue weighted by molar-refractivity contribution is 0.0982. The number of hydrogen-bond acceptors (Lipinski definition) is 6. The second kappa shape index (κ2) is 10.5. The van der Waals surface area contributed by atoms with Gasteiger partial charge in [-0.25, -0.2) is 4.98 Å². The molecule has 0 saturated carbocycles. The molecule has 158 valence electrons. The molecule has 0 aliphatic carbocycles. The first-order valence-corrected chi connectivity index (χ1v) is 10.2. The van der Waals surface area contributed by atoms with E-state index in [1.165, 1.54) is 0 Å². The topological polar surface area (TPSA) is 70.8 Å². The van der Waals surface area contributed by atoms with Crippen molar-refractivity contribution in [3.8, 4) is 28.7 Å². The number of rotatable bonds is 11. The lowest BCUT2D eigenvalue weighted by Crippen LogP contribution is -2.02. The van der Waals surface area contributed by atoms with Crippen molar-refractivity contribution in [1.29, 1.82) is 0 Å². The van der Waals surface area contributed by atoms with E-state index in [-0.39, 0.29) is 5.78 Å². The van der Waals surface area contributed by atoms with Crippen LogP contribution in [-0.2, 0) is 6.42 Å². The number of aromatic nitrogens is 1. The Labute approximate surface area is 176 Å². The van der Waals surface area contributed by atoms with Crippen molar-refractivity contribution < 1.29 is 23.4 Å². The predicted molar refractivity (Wildman–Crippen MR) is 115 cm³/mol. The Morgan fingerprint density at radius 1 is 0.933 bits per heavy atom. The third-order valence-corrected chi connectivity index (χ3v) is 4.42. The van der Waals surface area contributed by atoms with Gasteiger partial charge in [-0.3, -0.25) is 4.79 Å². The first kappa shape index (κ1) is 21.4. The molecule has 0 aliphatic heterocycles. The van der Waals surface area contributed by atoms with Gasteiger partial charge in [0.2, 0.25) is 5.89 Å². The molecule has 30 heavy (non-hydrogen) atoms. The summed E-state index contributed by atoms with van der Waals surface area (Å²) in [5.41, 5.74) is 2.16. The zero-order chi connectivity index (χ0) is 21.3. The molecule has 3 aromatic rings. The van der Waals surface area contributed by atoms with Gasteiger partial charge in [0.25, 0.3) is 0 Å². The quantitative estimate of drug-likeness (QED) is 0.397. The molecular weight excluding hydrogens is 382 g/mol. The van der Waals surface area contributed by atoms with E-state index in [2.05, 4.69) is 4.98 Å². The first-order chi connectivity index (χ1) is 14.6. The molecule has 3 rings (SSSR count). The van der Waals surface area contributed by atoms with E-state index >= 15 is 0 Å². The van der Waals surface area contributed by atoms with Crippen molar-refractivity contribution in [2.75, 3.05) is 19.8 Å². The molecule has 1 heterocycles. The van der Waals surface area contributed by atoms with Crippen LogP contribution in [0.15, 0.2) is 53.1 Å². The maximum absolute atomic E-state index is 12.5. The van der Waals surface area contributed by atoms with E-state index in [9.17, 15) is 4.79 Å². The van der Waals surface area contributed by atoms with Crippen molar-refractivity contribution >= 4 is 5.78 Å². The molecule has 0 N–H and O–H groups in total. The Balaban J connectivity index is 1.67. The summed E-state index contributed by atoms with van der Waals surface area (Å²) in [6.45, 7) is 7.43. The zero-order valence-corrected chi connectivity index (χ0v) is 17.6. The van der Waals surface area contributed by atoms with Crippen LogP contribution in [0.1, 0.15) is 43.2 Å². The Bertz CT molecular complexity index is 979. The number of nitrogens with zero attached hydrogens (tertiary/aromatic N) is 1. The third kappa shape index (κ3) is 5.41. The number of Topliss-reactive ketones (excluding diaryl/α,β-unsaturated/α-hetero) is 1. The maximum Gasteiger partial charge on any atom is 0.226 e. The number of oxazole rings is 1. The number of carbonyl (C=O) groups is 1. The van der Waals surface area contributed by atoms with Crippen LogP contribution in [0.4, 0.5) is 0 Å². The van der Waals surface area contributed by atoms with Crippen LogP contribution in [0.5, 0.6) is 17.2 Å². The number of carbonyl (C=O) groups excluding carboxylic acids is 1. The molecule has 0 atom stereocenters. The number of ether oxygens (including phenoxy) is 3. The molecule has 0 spiro atoms. The number of hydrogen-bond donors (Lipinski definition) is 0. The van der Waals surface area contributed by atoms with Crippen LogP contribution >= 0.6 is 0 Å². The summed E-state index contributed by atoms with van der Waals surface area (Å²) >= 11 is 0. The molecule has 0 radical (unpaired) electrons. The molecule has 0 amide bonds. The van der Waals surface area contributed by atoms with Gasteiger partial charge in [0, 0.05) is 24.0 Å². The second-order valence-corrected chi connectivity index (χ2v) is 6.56. The molecule has 6 heteroatoms. The molecule has 0 bridgehead atoms. The minimum Gasteiger partial charge on any atom is -0.494 e. The summed E-state index contributed by atoms with van der Waals surface area (Å²) in [4.78, 5) is 17.1. The normalized spacial score (nSPS) is 10.6. The van der Waals surface area contributed by atoms with Gasteiger partial charge in [-0.1, -0.05) is 12.1 Å². The molecule has 2 aromatic carbocycles. The molecule has 0 aliphatic rings. The van der Waals surface area contributed by atoms with Crippen molar-refractivity contribution in [3.05, 3.63) is 60.0 Å². The fourth-order valence-corrected chi connectivity index (χ4v) is 3.05. The monoisotopic (exact) mass is 409 g/mol. The van der Waals surface area contributed by atoms with Crippen LogP contribution in [0.3, 0.4) is 0 Å². The Kier molecular flexibility index (Phi) is 7.49. The largest absolute Gasteiger partial charge is 0.494 e. The molecular formula is C24H27NO5. The molecule has 6 nitrogen and oxygen atoms in total. The molecule has 1 aromatic heterocycles. The van der Waals surface area contributed by atoms with Gasteiger partial charge < -0.3 is 18.6 Å². The van der Waals surface area contributed by atoms with Gasteiger partial charge in [0.15, 0.2) is 17.3 Å². The van der Waals surface area contributed by atoms with Crippen LogP contribution in [-0.4, -0.2) is 30.6 Å². The molecule has 0 unspecified atom stereocenters. The van der Waals surface area contributed by atoms with Gasteiger partial charge >= 0.3 is 0 Å². The standard InChI is InChI=1S/C24H27NO5/c1-4-27-20-9-7-8-17(14-20)21(26)12-11-19-16-30-24(25-19)18-10-13-22(28-5-2)23(15-18)29-6-3/h7-10,13-16H,4-6,11-12H2,1-3H3. The third-order valence-electron chi connectivity index (χ3n) is 4.42. The number of aryl methyl sites for hydroxylation is 1. The van der Waals surface area contributed by atoms with Gasteiger partial charge in [-0.2, -0.15) is 0 Å². The number of benzene rings is 2. The highest BCUT2D eigenvalue weighted by Crippen LogP contribution is 2.32. The SMILES string of the molecule is CCOc1cccc(C(=O)CCc2coc(-c3ccc(OCC)c(OCC)c3)n2)c1. The van der Waals surface area contributed by atoms with E-state index < -0.39 is 0 Å². The summed E-state index contributed by atoms with van der Waals surface area (Å²) in [6, 6.07) is 12.8. The average molecular weight is 409 g/mol. The lowest BCUT2D eigenvalue weighted by Gasteiger charge is -2.11. The van der Waals surface area contributed by atoms with Crippen LogP contribution in [0.2, 0.25) is 0 Å². The summed E-state index contributed by atoms with van der Waals surface area (Å²) in [6.07, 6.45) is 2.43. The van der Waals surface area contributed by atoms with Gasteiger partial charge in [0.1, 0.15) is 12.0 Å². The van der Waals surface area contributed by atoms with Crippen LogP contribution in [0, 0.1) is 0 Å². The Morgan fingerprint density at radius 2 is 1.70 bits per heavy atom. The zero-order valence-electron chi connectivity index (χ0n) is 17.6. The van der Waals surface area contributed by atoms with Crippen molar-refractivity contribution in [2.45, 2.75) is 33.6 Å². The summed E-state index contributed by atoms with van der Waals surface area (Å²) in [5, 5.41) is 0. The van der Waals surface area contributed by atoms with Gasteiger partial charge in [-0.15, -0.1) is 0 Å². The second-order valence-electron chi connectivity index (χ2n) is 6.56. The summed E-state index contributed by atoms with van der Waals surface area (Å²) < 4.78 is 22.4. The highest BCUT2D eigenvalue weighted by atomic mass is 16.5. The summed E-state index contributed by atoms with van der Waals surface area (Å²) in [7, 11) is 0. The van der Waals surface area contributed by atoms with Crippen molar-refractivity contribution in [1.82, 2.24) is 4.98 Å². The van der Waals surface area contributed by atoms with E-state index in [1.807, 2.05) is 51.1 Å². The Hall–Kier alpha value is -3.28. The van der Waals surface area contributed by atoms with E-state index in [1.54, 1.807) is 18.4 Å². The summed E-state index contributed by atoms with van der Waals surface area (Å²) in [5.74, 6) is 2.57. The lowest BCUT2D eigenvalue weighted by atomic mass is 10.1. The van der Waals surface area contributed by atoms with Gasteiger partial charge in [0.05, 0.1) is 25.5 Å². The Morgan fingerprint density at radius 3 is 2.47 bits per heavy atom. The van der Waals surface area contributed by atoms with Crippen LogP contribution < -0.4 is 14.2 Å². The fourth-order valence-electron chi connectivity index (χ4n) is 3.05. The van der Waals surface area contributed by atoms with Crippen molar-refractivity contribution in [3.63, 3.8) is 0 Å². The average Bonchev–Trinajstić information content (AvgIpc) is 3.23. The smallest absolute Gasteiger partial charge is 0.226 e. The molecule has 0 saturated heterocycles.